The van der Waals surface area contributed by atoms with Gasteiger partial charge in [-0.2, -0.15) is 5.26 Å². The predicted octanol–water partition coefficient (Wildman–Crippen LogP) is 9.31. The molecule has 10 heteroatoms. The van der Waals surface area contributed by atoms with Crippen LogP contribution >= 0.6 is 45.8 Å². The van der Waals surface area contributed by atoms with Gasteiger partial charge in [-0.3, -0.25) is 0 Å². The average molecular weight is 673 g/mol. The molecule has 7 nitrogen and oxygen atoms in total. The van der Waals surface area contributed by atoms with E-state index in [1.54, 1.807) is 42.6 Å². The van der Waals surface area contributed by atoms with Gasteiger partial charge in [-0.15, -0.1) is 0 Å². The van der Waals surface area contributed by atoms with Crippen molar-refractivity contribution in [1.82, 2.24) is 0 Å². The monoisotopic (exact) mass is 672 g/mol. The van der Waals surface area contributed by atoms with Crippen molar-refractivity contribution in [3.05, 3.63) is 97.4 Å². The van der Waals surface area contributed by atoms with E-state index in [0.29, 0.717) is 51.0 Å². The summed E-state index contributed by atoms with van der Waals surface area (Å²) < 4.78 is 29.9. The highest BCUT2D eigenvalue weighted by molar-refractivity contribution is 14.1. The Morgan fingerprint density at radius 3 is 2.46 bits per heavy atom. The van der Waals surface area contributed by atoms with Gasteiger partial charge in [-0.05, 0) is 83.6 Å². The molecule has 5 aromatic rings. The minimum atomic E-state index is 0.126. The second kappa shape index (κ2) is 12.0. The Hall–Kier alpha value is -3.65. The Bertz CT molecular complexity index is 1670. The fourth-order valence-electron chi connectivity index (χ4n) is 3.84. The molecule has 0 amide bonds. The largest absolute Gasteiger partial charge is 0.490 e. The number of benzene rings is 2. The molecule has 0 spiro atoms. The molecule has 0 radical (unpaired) electrons. The van der Waals surface area contributed by atoms with Gasteiger partial charge in [0.15, 0.2) is 23.0 Å². The van der Waals surface area contributed by atoms with E-state index < -0.39 is 0 Å². The lowest BCUT2D eigenvalue weighted by atomic mass is 10.1. The highest BCUT2D eigenvalue weighted by atomic mass is 127. The summed E-state index contributed by atoms with van der Waals surface area (Å²) >= 11 is 14.5. The van der Waals surface area contributed by atoms with Crippen LogP contribution in [0.25, 0.3) is 22.8 Å². The van der Waals surface area contributed by atoms with Crippen LogP contribution < -0.4 is 9.47 Å². The highest BCUT2D eigenvalue weighted by Crippen LogP contribution is 2.43. The van der Waals surface area contributed by atoms with Gasteiger partial charge in [0.1, 0.15) is 24.0 Å². The van der Waals surface area contributed by atoms with Crippen molar-refractivity contribution in [3.63, 3.8) is 0 Å². The number of furan rings is 3. The number of nitrogens with zero attached hydrogens (tertiary/aromatic N) is 2. The number of rotatable bonds is 9. The Balaban J connectivity index is 1.48. The summed E-state index contributed by atoms with van der Waals surface area (Å²) in [5, 5.41) is 11.1. The molecule has 0 unspecified atom stereocenters. The van der Waals surface area contributed by atoms with E-state index in [4.69, 9.17) is 45.9 Å². The highest BCUT2D eigenvalue weighted by Gasteiger charge is 2.26. The maximum Gasteiger partial charge on any atom is 0.238 e. The number of ether oxygens (including phenoxy) is 2. The first-order valence-electron chi connectivity index (χ1n) is 11.7. The van der Waals surface area contributed by atoms with Crippen LogP contribution in [-0.4, -0.2) is 12.8 Å². The van der Waals surface area contributed by atoms with Crippen LogP contribution in [0.5, 0.6) is 11.5 Å². The van der Waals surface area contributed by atoms with Gasteiger partial charge in [-0.1, -0.05) is 29.3 Å². The summed E-state index contributed by atoms with van der Waals surface area (Å²) in [5.41, 5.74) is 2.22. The third kappa shape index (κ3) is 5.86. The van der Waals surface area contributed by atoms with Crippen LogP contribution in [0.15, 0.2) is 85.4 Å². The van der Waals surface area contributed by atoms with Crippen LogP contribution in [0.2, 0.25) is 10.0 Å². The maximum atomic E-state index is 9.98. The van der Waals surface area contributed by atoms with Crippen molar-refractivity contribution in [1.29, 1.82) is 5.26 Å². The van der Waals surface area contributed by atoms with Gasteiger partial charge < -0.3 is 22.7 Å². The van der Waals surface area contributed by atoms with E-state index in [1.807, 2.05) is 25.1 Å². The van der Waals surface area contributed by atoms with E-state index in [1.165, 1.54) is 12.5 Å². The fourth-order valence-corrected chi connectivity index (χ4v) is 5.08. The zero-order chi connectivity index (χ0) is 27.4. The summed E-state index contributed by atoms with van der Waals surface area (Å²) in [6, 6.07) is 18.1. The normalized spacial score (nSPS) is 11.2. The number of nitriles is 1. The molecule has 0 bridgehead atoms. The molecule has 0 atom stereocenters. The van der Waals surface area contributed by atoms with Crippen molar-refractivity contribution < 1.29 is 22.7 Å². The second-order valence-corrected chi connectivity index (χ2v) is 10.1. The lowest BCUT2D eigenvalue weighted by Crippen LogP contribution is -2.03. The molecule has 0 aliphatic rings. The second-order valence-electron chi connectivity index (χ2n) is 8.10. The van der Waals surface area contributed by atoms with Crippen molar-refractivity contribution >= 4 is 57.9 Å². The molecule has 39 heavy (non-hydrogen) atoms. The van der Waals surface area contributed by atoms with Gasteiger partial charge in [0.2, 0.25) is 5.88 Å². The first-order valence-corrected chi connectivity index (χ1v) is 13.5. The molecule has 2 aromatic carbocycles. The first kappa shape index (κ1) is 26.9. The first-order chi connectivity index (χ1) is 19.0. The quantitative estimate of drug-likeness (QED) is 0.114. The van der Waals surface area contributed by atoms with Crippen LogP contribution in [0, 0.1) is 14.9 Å². The Morgan fingerprint density at radius 2 is 1.79 bits per heavy atom. The number of hydrogen-bond donors (Lipinski definition) is 0. The van der Waals surface area contributed by atoms with Crippen LogP contribution in [0.4, 0.5) is 5.88 Å². The van der Waals surface area contributed by atoms with E-state index in [9.17, 15) is 5.26 Å². The summed E-state index contributed by atoms with van der Waals surface area (Å²) in [6.45, 7) is 2.56. The Labute approximate surface area is 247 Å². The molecule has 0 saturated carbocycles. The Kier molecular flexibility index (Phi) is 8.31. The molecule has 5 rings (SSSR count). The van der Waals surface area contributed by atoms with Crippen molar-refractivity contribution in [2.24, 2.45) is 4.99 Å². The number of hydrogen-bond acceptors (Lipinski definition) is 7. The zero-order valence-corrected chi connectivity index (χ0v) is 24.1. The maximum absolute atomic E-state index is 9.98. The van der Waals surface area contributed by atoms with E-state index in [0.717, 1.165) is 14.7 Å². The lowest BCUT2D eigenvalue weighted by molar-refractivity contribution is 0.267. The summed E-state index contributed by atoms with van der Waals surface area (Å²) in [6.07, 6.45) is 4.66. The van der Waals surface area contributed by atoms with Crippen LogP contribution in [0.1, 0.15) is 23.6 Å². The summed E-state index contributed by atoms with van der Waals surface area (Å²) in [5.74, 6) is 2.53. The van der Waals surface area contributed by atoms with E-state index >= 15 is 0 Å². The number of aliphatic imine (C=N–C) groups is 1. The standard InChI is InChI=1S/C29H19Cl2IN2O5/c1-2-35-25-12-17(11-22(32)27(25)38-16-18-7-8-19(30)13-21(18)31)15-34-29-20(14-33)26(23-5-3-9-36-23)28(39-29)24-6-4-10-37-24/h3-13,15H,2,16H2,1H3. The molecular weight excluding hydrogens is 654 g/mol. The summed E-state index contributed by atoms with van der Waals surface area (Å²) in [7, 11) is 0. The molecule has 0 aliphatic carbocycles. The molecule has 0 aliphatic heterocycles. The molecule has 0 saturated heterocycles. The topological polar surface area (TPSA) is 94.0 Å². The molecule has 196 valence electrons. The van der Waals surface area contributed by atoms with E-state index in [-0.39, 0.29) is 18.1 Å². The predicted molar refractivity (Wildman–Crippen MR) is 157 cm³/mol. The van der Waals surface area contributed by atoms with E-state index in [2.05, 4.69) is 33.7 Å². The van der Waals surface area contributed by atoms with Crippen LogP contribution in [-0.2, 0) is 6.61 Å². The lowest BCUT2D eigenvalue weighted by Gasteiger charge is -2.15. The molecule has 3 aromatic heterocycles. The summed E-state index contributed by atoms with van der Waals surface area (Å²) in [4.78, 5) is 4.51. The molecule has 0 N–H and O–H groups in total. The van der Waals surface area contributed by atoms with Gasteiger partial charge in [0, 0.05) is 21.8 Å². The van der Waals surface area contributed by atoms with Gasteiger partial charge in [0.05, 0.1) is 28.3 Å². The average Bonchev–Trinajstić information content (AvgIpc) is 3.69. The van der Waals surface area contributed by atoms with Gasteiger partial charge >= 0.3 is 0 Å². The third-order valence-electron chi connectivity index (χ3n) is 5.56. The molecule has 3 heterocycles. The molecule has 0 fully saturated rings. The SMILES string of the molecule is CCOc1cc(C=Nc2oc(-c3ccco3)c(-c3ccco3)c2C#N)cc(I)c1OCc1ccc(Cl)cc1Cl. The van der Waals surface area contributed by atoms with Gasteiger partial charge in [0.25, 0.3) is 0 Å². The van der Waals surface area contributed by atoms with Crippen molar-refractivity contribution in [2.75, 3.05) is 6.61 Å². The molecular formula is C29H19Cl2IN2O5. The third-order valence-corrected chi connectivity index (χ3v) is 6.95. The van der Waals surface area contributed by atoms with Crippen LogP contribution in [0.3, 0.4) is 0 Å². The smallest absolute Gasteiger partial charge is 0.238 e. The zero-order valence-electron chi connectivity index (χ0n) is 20.4. The Morgan fingerprint density at radius 1 is 1.03 bits per heavy atom. The van der Waals surface area contributed by atoms with Crippen molar-refractivity contribution in [2.45, 2.75) is 13.5 Å². The van der Waals surface area contributed by atoms with Crippen molar-refractivity contribution in [3.8, 4) is 40.4 Å². The van der Waals surface area contributed by atoms with Gasteiger partial charge in [-0.25, -0.2) is 4.99 Å². The number of halogens is 3. The minimum Gasteiger partial charge on any atom is -0.490 e. The minimum absolute atomic E-state index is 0.126. The fraction of sp³-hybridized carbons (Fsp3) is 0.103.